The number of carbonyl (C=O) groups is 1. The Morgan fingerprint density at radius 2 is 2.15 bits per heavy atom. The van der Waals surface area contributed by atoms with Gasteiger partial charge in [-0.15, -0.1) is 0 Å². The number of carbonyl (C=O) groups excluding carboxylic acids is 1. The van der Waals surface area contributed by atoms with Crippen LogP contribution in [0.1, 0.15) is 35.9 Å². The zero-order valence-electron chi connectivity index (χ0n) is 11.4. The second-order valence-electron chi connectivity index (χ2n) is 4.29. The number of aromatic nitrogens is 1. The largest absolute Gasteiger partial charge is 0.462 e. The highest BCUT2D eigenvalue weighted by molar-refractivity contribution is 5.89. The van der Waals surface area contributed by atoms with E-state index >= 15 is 0 Å². The molecular formula is C14H17N3O3. The van der Waals surface area contributed by atoms with Crippen LogP contribution in [0.5, 0.6) is 0 Å². The third-order valence-electron chi connectivity index (χ3n) is 2.64. The summed E-state index contributed by atoms with van der Waals surface area (Å²) < 4.78 is 10.2. The van der Waals surface area contributed by atoms with E-state index in [-0.39, 0.29) is 12.0 Å². The Bertz CT molecular complexity index is 576. The zero-order valence-corrected chi connectivity index (χ0v) is 11.4. The number of nitrogens with zero attached hydrogens (tertiary/aromatic N) is 1. The molecule has 1 aromatic carbocycles. The molecule has 3 N–H and O–H groups in total. The summed E-state index contributed by atoms with van der Waals surface area (Å²) in [6, 6.07) is 7.04. The van der Waals surface area contributed by atoms with Gasteiger partial charge in [-0.25, -0.2) is 4.79 Å². The molecule has 2 rings (SSSR count). The van der Waals surface area contributed by atoms with E-state index in [1.54, 1.807) is 31.2 Å². The number of hydrogen-bond acceptors (Lipinski definition) is 6. The van der Waals surface area contributed by atoms with Crippen LogP contribution in [0.4, 0.5) is 11.7 Å². The highest BCUT2D eigenvalue weighted by Gasteiger charge is 2.09. The molecule has 0 aliphatic carbocycles. The van der Waals surface area contributed by atoms with Crippen molar-refractivity contribution in [1.29, 1.82) is 0 Å². The van der Waals surface area contributed by atoms with Gasteiger partial charge in [-0.2, -0.15) is 4.98 Å². The fraction of sp³-hybridized carbons (Fsp3) is 0.286. The van der Waals surface area contributed by atoms with E-state index in [0.29, 0.717) is 23.9 Å². The maximum atomic E-state index is 11.5. The lowest BCUT2D eigenvalue weighted by Crippen LogP contribution is -2.05. The van der Waals surface area contributed by atoms with Crippen molar-refractivity contribution in [3.8, 4) is 0 Å². The molecule has 0 saturated carbocycles. The second-order valence-corrected chi connectivity index (χ2v) is 4.29. The van der Waals surface area contributed by atoms with Gasteiger partial charge in [-0.05, 0) is 38.1 Å². The molecule has 2 aromatic rings. The van der Waals surface area contributed by atoms with Crippen molar-refractivity contribution < 1.29 is 13.9 Å². The number of nitrogens with one attached hydrogen (secondary N) is 1. The molecule has 0 saturated heterocycles. The topological polar surface area (TPSA) is 90.4 Å². The van der Waals surface area contributed by atoms with Gasteiger partial charge in [0.15, 0.2) is 0 Å². The minimum Gasteiger partial charge on any atom is -0.462 e. The highest BCUT2D eigenvalue weighted by atomic mass is 16.5. The van der Waals surface area contributed by atoms with Crippen LogP contribution in [0.15, 0.2) is 34.9 Å². The summed E-state index contributed by atoms with van der Waals surface area (Å²) in [6.07, 6.45) is 1.51. The Morgan fingerprint density at radius 1 is 1.45 bits per heavy atom. The molecule has 106 valence electrons. The summed E-state index contributed by atoms with van der Waals surface area (Å²) in [5.41, 5.74) is 7.64. The van der Waals surface area contributed by atoms with E-state index in [4.69, 9.17) is 14.9 Å². The van der Waals surface area contributed by atoms with Crippen LogP contribution >= 0.6 is 0 Å². The maximum Gasteiger partial charge on any atom is 0.338 e. The second kappa shape index (κ2) is 6.21. The fourth-order valence-corrected chi connectivity index (χ4v) is 1.58. The minimum atomic E-state index is -0.339. The first-order valence-corrected chi connectivity index (χ1v) is 6.35. The van der Waals surface area contributed by atoms with Gasteiger partial charge >= 0.3 is 5.97 Å². The summed E-state index contributed by atoms with van der Waals surface area (Å²) in [7, 11) is 0. The predicted octanol–water partition coefficient (Wildman–Crippen LogP) is 2.61. The first-order chi connectivity index (χ1) is 9.60. The third kappa shape index (κ3) is 3.36. The molecule has 0 spiro atoms. The Balaban J connectivity index is 2.04. The van der Waals surface area contributed by atoms with E-state index in [9.17, 15) is 4.79 Å². The lowest BCUT2D eigenvalue weighted by molar-refractivity contribution is 0.0526. The van der Waals surface area contributed by atoms with Crippen LogP contribution < -0.4 is 11.1 Å². The van der Waals surface area contributed by atoms with Gasteiger partial charge in [-0.3, -0.25) is 0 Å². The average Bonchev–Trinajstić information content (AvgIpc) is 2.88. The number of nitrogens with two attached hydrogens (primary N) is 1. The molecule has 1 aromatic heterocycles. The molecule has 6 nitrogen and oxygen atoms in total. The standard InChI is InChI=1S/C14H17N3O3/c1-3-19-13(18)10-4-6-11(7-5-10)16-14-17-12(8-20-14)9(2)15/h4-9H,3,15H2,1-2H3,(H,16,17). The Hall–Kier alpha value is -2.34. The number of oxazole rings is 1. The Labute approximate surface area is 116 Å². The monoisotopic (exact) mass is 275 g/mol. The van der Waals surface area contributed by atoms with Crippen molar-refractivity contribution in [3.63, 3.8) is 0 Å². The van der Waals surface area contributed by atoms with E-state index in [0.717, 1.165) is 5.69 Å². The normalized spacial score (nSPS) is 11.9. The van der Waals surface area contributed by atoms with Crippen LogP contribution in [0.3, 0.4) is 0 Å². The quantitative estimate of drug-likeness (QED) is 0.815. The number of benzene rings is 1. The van der Waals surface area contributed by atoms with Crippen molar-refractivity contribution in [1.82, 2.24) is 4.98 Å². The van der Waals surface area contributed by atoms with Crippen LogP contribution in [-0.4, -0.2) is 17.6 Å². The van der Waals surface area contributed by atoms with Gasteiger partial charge < -0.3 is 20.2 Å². The van der Waals surface area contributed by atoms with Crippen molar-refractivity contribution in [2.24, 2.45) is 5.73 Å². The summed E-state index contributed by atoms with van der Waals surface area (Å²) >= 11 is 0. The van der Waals surface area contributed by atoms with E-state index in [2.05, 4.69) is 10.3 Å². The number of esters is 1. The molecule has 0 aliphatic rings. The maximum absolute atomic E-state index is 11.5. The minimum absolute atomic E-state index is 0.180. The van der Waals surface area contributed by atoms with E-state index in [1.165, 1.54) is 6.26 Å². The van der Waals surface area contributed by atoms with Gasteiger partial charge in [0, 0.05) is 11.7 Å². The first-order valence-electron chi connectivity index (χ1n) is 6.35. The van der Waals surface area contributed by atoms with Gasteiger partial charge in [0.1, 0.15) is 6.26 Å². The molecule has 0 bridgehead atoms. The molecule has 0 radical (unpaired) electrons. The van der Waals surface area contributed by atoms with Crippen LogP contribution in [0.2, 0.25) is 0 Å². The summed E-state index contributed by atoms with van der Waals surface area (Å²) in [5, 5.41) is 2.99. The van der Waals surface area contributed by atoms with Gasteiger partial charge in [0.05, 0.1) is 17.9 Å². The summed E-state index contributed by atoms with van der Waals surface area (Å²) in [6.45, 7) is 3.96. The predicted molar refractivity (Wildman–Crippen MR) is 74.8 cm³/mol. The Kier molecular flexibility index (Phi) is 4.37. The number of ether oxygens (including phenoxy) is 1. The molecule has 20 heavy (non-hydrogen) atoms. The molecular weight excluding hydrogens is 258 g/mol. The third-order valence-corrected chi connectivity index (χ3v) is 2.64. The van der Waals surface area contributed by atoms with E-state index < -0.39 is 0 Å². The van der Waals surface area contributed by atoms with Crippen molar-refractivity contribution in [2.45, 2.75) is 19.9 Å². The summed E-state index contributed by atoms with van der Waals surface area (Å²) in [4.78, 5) is 15.7. The smallest absolute Gasteiger partial charge is 0.338 e. The van der Waals surface area contributed by atoms with Crippen LogP contribution in [0.25, 0.3) is 0 Å². The average molecular weight is 275 g/mol. The lowest BCUT2D eigenvalue weighted by atomic mass is 10.2. The Morgan fingerprint density at radius 3 is 2.70 bits per heavy atom. The van der Waals surface area contributed by atoms with Crippen molar-refractivity contribution in [3.05, 3.63) is 41.8 Å². The van der Waals surface area contributed by atoms with Gasteiger partial charge in [-0.1, -0.05) is 0 Å². The van der Waals surface area contributed by atoms with Crippen molar-refractivity contribution >= 4 is 17.7 Å². The van der Waals surface area contributed by atoms with E-state index in [1.807, 2.05) is 6.92 Å². The first kappa shape index (κ1) is 14.1. The number of rotatable bonds is 5. The zero-order chi connectivity index (χ0) is 14.5. The van der Waals surface area contributed by atoms with Crippen LogP contribution in [0, 0.1) is 0 Å². The lowest BCUT2D eigenvalue weighted by Gasteiger charge is -2.04. The molecule has 0 fully saturated rings. The molecule has 0 amide bonds. The number of anilines is 2. The van der Waals surface area contributed by atoms with Gasteiger partial charge in [0.25, 0.3) is 6.01 Å². The van der Waals surface area contributed by atoms with Crippen LogP contribution in [-0.2, 0) is 4.74 Å². The molecule has 1 unspecified atom stereocenters. The number of hydrogen-bond donors (Lipinski definition) is 2. The SMILES string of the molecule is CCOC(=O)c1ccc(Nc2nc(C(C)N)co2)cc1. The molecule has 6 heteroatoms. The van der Waals surface area contributed by atoms with Crippen molar-refractivity contribution in [2.75, 3.05) is 11.9 Å². The molecule has 1 heterocycles. The fourth-order valence-electron chi connectivity index (χ4n) is 1.58. The van der Waals surface area contributed by atoms with Gasteiger partial charge in [0.2, 0.25) is 0 Å². The molecule has 0 aliphatic heterocycles. The highest BCUT2D eigenvalue weighted by Crippen LogP contribution is 2.19. The molecule has 1 atom stereocenters. The summed E-state index contributed by atoms with van der Waals surface area (Å²) in [5.74, 6) is -0.339.